The SMILES string of the molecule is COCCn1c(C=Cc2cnn(-c3ccccc3)c2)c([N+](=O)[O-])c(=O)n(CCOC)c1=O. The largest absolute Gasteiger partial charge is 0.383 e. The van der Waals surface area contributed by atoms with Gasteiger partial charge in [0.25, 0.3) is 0 Å². The second-order valence-corrected chi connectivity index (χ2v) is 6.75. The molecular weight excluding hydrogens is 418 g/mol. The van der Waals surface area contributed by atoms with Crippen LogP contribution < -0.4 is 11.2 Å². The Morgan fingerprint density at radius 2 is 1.69 bits per heavy atom. The highest BCUT2D eigenvalue weighted by Gasteiger charge is 2.26. The zero-order valence-corrected chi connectivity index (χ0v) is 17.7. The van der Waals surface area contributed by atoms with Gasteiger partial charge in [0.2, 0.25) is 0 Å². The standard InChI is InChI=1S/C21H23N5O6/c1-31-12-10-23-18(19(26(29)30)20(27)24(21(23)28)11-13-32-2)9-8-16-14-22-25(15-16)17-6-4-3-5-7-17/h3-9,14-15H,10-13H2,1-2H3. The van der Waals surface area contributed by atoms with E-state index >= 15 is 0 Å². The molecule has 11 heteroatoms. The van der Waals surface area contributed by atoms with Gasteiger partial charge in [-0.3, -0.25) is 24.0 Å². The van der Waals surface area contributed by atoms with E-state index in [1.807, 2.05) is 30.3 Å². The van der Waals surface area contributed by atoms with Gasteiger partial charge in [0.05, 0.1) is 43.1 Å². The first-order valence-corrected chi connectivity index (χ1v) is 9.76. The van der Waals surface area contributed by atoms with Crippen molar-refractivity contribution in [2.75, 3.05) is 27.4 Å². The number of nitro groups is 1. The van der Waals surface area contributed by atoms with Crippen molar-refractivity contribution in [1.82, 2.24) is 18.9 Å². The Balaban J connectivity index is 2.10. The van der Waals surface area contributed by atoms with E-state index in [1.165, 1.54) is 20.3 Å². The molecule has 2 heterocycles. The van der Waals surface area contributed by atoms with Gasteiger partial charge in [0.1, 0.15) is 5.69 Å². The topological polar surface area (TPSA) is 123 Å². The van der Waals surface area contributed by atoms with Crippen LogP contribution in [-0.4, -0.2) is 51.3 Å². The van der Waals surface area contributed by atoms with Crippen LogP contribution in [0.3, 0.4) is 0 Å². The lowest BCUT2D eigenvalue weighted by Gasteiger charge is -2.13. The molecule has 11 nitrogen and oxygen atoms in total. The first kappa shape index (κ1) is 22.8. The van der Waals surface area contributed by atoms with Gasteiger partial charge in [0.15, 0.2) is 0 Å². The zero-order valence-electron chi connectivity index (χ0n) is 17.7. The van der Waals surface area contributed by atoms with Crippen molar-refractivity contribution in [3.05, 3.63) is 84.9 Å². The summed E-state index contributed by atoms with van der Waals surface area (Å²) in [6, 6.07) is 9.41. The highest BCUT2D eigenvalue weighted by atomic mass is 16.6. The first-order valence-electron chi connectivity index (χ1n) is 9.76. The molecule has 168 valence electrons. The van der Waals surface area contributed by atoms with Crippen molar-refractivity contribution in [3.63, 3.8) is 0 Å². The molecule has 0 N–H and O–H groups in total. The van der Waals surface area contributed by atoms with Crippen LogP contribution in [0, 0.1) is 10.1 Å². The van der Waals surface area contributed by atoms with E-state index in [2.05, 4.69) is 5.10 Å². The summed E-state index contributed by atoms with van der Waals surface area (Å²) >= 11 is 0. The third-order valence-corrected chi connectivity index (χ3v) is 4.72. The summed E-state index contributed by atoms with van der Waals surface area (Å²) in [4.78, 5) is 36.7. The predicted molar refractivity (Wildman–Crippen MR) is 118 cm³/mol. The maximum Gasteiger partial charge on any atom is 0.357 e. The molecule has 2 aromatic heterocycles. The minimum atomic E-state index is -0.981. The third-order valence-electron chi connectivity index (χ3n) is 4.72. The van der Waals surface area contributed by atoms with Gasteiger partial charge in [-0.1, -0.05) is 18.2 Å². The van der Waals surface area contributed by atoms with Crippen LogP contribution in [0.1, 0.15) is 11.3 Å². The van der Waals surface area contributed by atoms with Crippen molar-refractivity contribution in [2.45, 2.75) is 13.1 Å². The number of hydrogen-bond acceptors (Lipinski definition) is 7. The molecule has 32 heavy (non-hydrogen) atoms. The Bertz CT molecular complexity index is 1230. The van der Waals surface area contributed by atoms with Crippen molar-refractivity contribution >= 4 is 17.8 Å². The van der Waals surface area contributed by atoms with Crippen LogP contribution in [0.2, 0.25) is 0 Å². The molecule has 0 unspecified atom stereocenters. The molecular formula is C21H23N5O6. The van der Waals surface area contributed by atoms with Crippen LogP contribution in [0.4, 0.5) is 5.69 Å². The number of benzene rings is 1. The van der Waals surface area contributed by atoms with Crippen LogP contribution >= 0.6 is 0 Å². The summed E-state index contributed by atoms with van der Waals surface area (Å²) in [6.07, 6.45) is 6.25. The Kier molecular flexibility index (Phi) is 7.47. The van der Waals surface area contributed by atoms with Crippen LogP contribution in [0.25, 0.3) is 17.8 Å². The fraction of sp³-hybridized carbons (Fsp3) is 0.286. The van der Waals surface area contributed by atoms with E-state index in [-0.39, 0.29) is 32.0 Å². The number of aromatic nitrogens is 4. The van der Waals surface area contributed by atoms with E-state index in [4.69, 9.17) is 9.47 Å². The summed E-state index contributed by atoms with van der Waals surface area (Å²) in [6.45, 7) is 0.124. The maximum absolute atomic E-state index is 12.9. The normalized spacial score (nSPS) is 11.3. The predicted octanol–water partition coefficient (Wildman–Crippen LogP) is 1.57. The van der Waals surface area contributed by atoms with Crippen LogP contribution in [-0.2, 0) is 22.6 Å². The quantitative estimate of drug-likeness (QED) is 0.345. The van der Waals surface area contributed by atoms with Crippen molar-refractivity contribution < 1.29 is 14.4 Å². The summed E-state index contributed by atoms with van der Waals surface area (Å²) in [5.74, 6) is 0. The summed E-state index contributed by atoms with van der Waals surface area (Å²) in [7, 11) is 2.86. The molecule has 3 rings (SSSR count). The number of hydrogen-bond donors (Lipinski definition) is 0. The number of methoxy groups -OCH3 is 2. The highest BCUT2D eigenvalue weighted by Crippen LogP contribution is 2.17. The zero-order chi connectivity index (χ0) is 23.1. The Hall–Kier alpha value is -3.83. The fourth-order valence-corrected chi connectivity index (χ4v) is 3.14. The highest BCUT2D eigenvalue weighted by molar-refractivity contribution is 5.71. The molecule has 0 bridgehead atoms. The molecule has 0 atom stereocenters. The minimum absolute atomic E-state index is 0.0341. The van der Waals surface area contributed by atoms with E-state index in [1.54, 1.807) is 23.2 Å². The molecule has 0 saturated carbocycles. The smallest absolute Gasteiger partial charge is 0.357 e. The number of para-hydroxylation sites is 1. The van der Waals surface area contributed by atoms with Gasteiger partial charge in [-0.15, -0.1) is 0 Å². The number of ether oxygens (including phenoxy) is 2. The van der Waals surface area contributed by atoms with Crippen LogP contribution in [0.5, 0.6) is 0 Å². The summed E-state index contributed by atoms with van der Waals surface area (Å²) in [5.41, 5.74) is -0.973. The molecule has 0 aliphatic rings. The van der Waals surface area contributed by atoms with Gasteiger partial charge < -0.3 is 9.47 Å². The minimum Gasteiger partial charge on any atom is -0.383 e. The van der Waals surface area contributed by atoms with Crippen LogP contribution in [0.15, 0.2) is 52.3 Å². The summed E-state index contributed by atoms with van der Waals surface area (Å²) in [5, 5.41) is 16.0. The molecule has 0 spiro atoms. The van der Waals surface area contributed by atoms with Gasteiger partial charge in [0, 0.05) is 26.0 Å². The van der Waals surface area contributed by atoms with E-state index in [0.717, 1.165) is 14.8 Å². The third kappa shape index (κ3) is 4.90. The monoisotopic (exact) mass is 441 g/mol. The van der Waals surface area contributed by atoms with E-state index in [0.29, 0.717) is 5.56 Å². The molecule has 0 saturated heterocycles. The lowest BCUT2D eigenvalue weighted by molar-refractivity contribution is -0.387. The van der Waals surface area contributed by atoms with Gasteiger partial charge in [-0.25, -0.2) is 9.48 Å². The Labute approximate surface area is 182 Å². The lowest BCUT2D eigenvalue weighted by Crippen LogP contribution is -2.43. The number of rotatable bonds is 10. The molecule has 0 aliphatic heterocycles. The second-order valence-electron chi connectivity index (χ2n) is 6.75. The maximum atomic E-state index is 12.9. The molecule has 0 fully saturated rings. The lowest BCUT2D eigenvalue weighted by atomic mass is 10.2. The molecule has 3 aromatic rings. The Morgan fingerprint density at radius 3 is 2.31 bits per heavy atom. The van der Waals surface area contributed by atoms with Crippen molar-refractivity contribution in [3.8, 4) is 5.69 Å². The Morgan fingerprint density at radius 1 is 1.03 bits per heavy atom. The van der Waals surface area contributed by atoms with Gasteiger partial charge >= 0.3 is 16.9 Å². The molecule has 0 amide bonds. The van der Waals surface area contributed by atoms with Gasteiger partial charge in [-0.05, 0) is 24.3 Å². The average molecular weight is 441 g/mol. The van der Waals surface area contributed by atoms with E-state index < -0.39 is 21.9 Å². The van der Waals surface area contributed by atoms with Gasteiger partial charge in [-0.2, -0.15) is 5.10 Å². The number of nitrogens with zero attached hydrogens (tertiary/aromatic N) is 5. The fourth-order valence-electron chi connectivity index (χ4n) is 3.14. The molecule has 0 radical (unpaired) electrons. The first-order chi connectivity index (χ1) is 15.5. The van der Waals surface area contributed by atoms with Crippen molar-refractivity contribution in [2.24, 2.45) is 0 Å². The summed E-state index contributed by atoms with van der Waals surface area (Å²) < 4.78 is 13.6. The molecule has 0 aliphatic carbocycles. The second kappa shape index (κ2) is 10.5. The van der Waals surface area contributed by atoms with Crippen molar-refractivity contribution in [1.29, 1.82) is 0 Å². The van der Waals surface area contributed by atoms with E-state index in [9.17, 15) is 19.7 Å². The average Bonchev–Trinajstić information content (AvgIpc) is 3.26. The molecule has 1 aromatic carbocycles.